The minimum Gasteiger partial charge on any atom is -0.497 e. The summed E-state index contributed by atoms with van der Waals surface area (Å²) < 4.78 is 5.30. The lowest BCUT2D eigenvalue weighted by molar-refractivity contribution is -0.742. The van der Waals surface area contributed by atoms with Crippen LogP contribution in [0.2, 0.25) is 0 Å². The summed E-state index contributed by atoms with van der Waals surface area (Å²) in [5.41, 5.74) is 4.19. The van der Waals surface area contributed by atoms with Gasteiger partial charge in [-0.1, -0.05) is 36.4 Å². The lowest BCUT2D eigenvalue weighted by Crippen LogP contribution is -1.82. The fraction of sp³-hybridized carbons (Fsp3) is 0.0500. The summed E-state index contributed by atoms with van der Waals surface area (Å²) in [6.07, 6.45) is 5.97. The normalized spacial score (nSPS) is 10.7. The summed E-state index contributed by atoms with van der Waals surface area (Å²) in [7, 11) is 1.68. The standard InChI is InChI=1S/C20H16N2O.HNO3/c1-23-15-8-9-16-17-11-12-21-18(20(17)22-19(16)13-15)10-7-14-5-3-2-4-6-14;2-1(3)4/h2-13,22H,1H3;(H,2,3,4). The number of hydrogen-bond donors (Lipinski definition) is 2. The van der Waals surface area contributed by atoms with Gasteiger partial charge in [0.15, 0.2) is 0 Å². The van der Waals surface area contributed by atoms with Crippen molar-refractivity contribution in [3.8, 4) is 5.75 Å². The highest BCUT2D eigenvalue weighted by Crippen LogP contribution is 2.29. The third kappa shape index (κ3) is 4.21. The van der Waals surface area contributed by atoms with E-state index in [2.05, 4.69) is 34.2 Å². The van der Waals surface area contributed by atoms with Crippen molar-refractivity contribution in [2.45, 2.75) is 0 Å². The Bertz CT molecular complexity index is 1100. The van der Waals surface area contributed by atoms with E-state index in [0.29, 0.717) is 0 Å². The maximum absolute atomic E-state index is 8.36. The molecule has 27 heavy (non-hydrogen) atoms. The molecular formula is C20H17N3O4. The summed E-state index contributed by atoms with van der Waals surface area (Å²) in [6, 6.07) is 18.3. The van der Waals surface area contributed by atoms with Gasteiger partial charge in [0.2, 0.25) is 0 Å². The van der Waals surface area contributed by atoms with Crippen LogP contribution in [0.1, 0.15) is 11.3 Å². The highest BCUT2D eigenvalue weighted by Gasteiger charge is 2.08. The Labute approximate surface area is 154 Å². The topological polar surface area (TPSA) is 101 Å². The van der Waals surface area contributed by atoms with E-state index in [1.807, 2.05) is 48.7 Å². The minimum absolute atomic E-state index is 0.846. The smallest absolute Gasteiger partial charge is 0.291 e. The van der Waals surface area contributed by atoms with Gasteiger partial charge in [-0.3, -0.25) is 4.98 Å². The molecule has 0 spiro atoms. The maximum Gasteiger partial charge on any atom is 0.291 e. The van der Waals surface area contributed by atoms with Crippen LogP contribution in [0.3, 0.4) is 0 Å². The highest BCUT2D eigenvalue weighted by atomic mass is 16.9. The van der Waals surface area contributed by atoms with Crippen LogP contribution in [-0.4, -0.2) is 27.4 Å². The van der Waals surface area contributed by atoms with Crippen molar-refractivity contribution in [3.05, 3.63) is 82.2 Å². The molecule has 0 aliphatic heterocycles. The van der Waals surface area contributed by atoms with E-state index in [4.69, 9.17) is 20.1 Å². The first-order chi connectivity index (χ1) is 13.1. The SMILES string of the molecule is COc1ccc2c(c1)[nH]c1c(C=Cc3ccccc3)nccc12.O=[N+]([O-])O. The molecule has 2 N–H and O–H groups in total. The minimum atomic E-state index is -1.50. The molecule has 0 saturated heterocycles. The summed E-state index contributed by atoms with van der Waals surface area (Å²) in [6.45, 7) is 0. The average molecular weight is 363 g/mol. The number of ether oxygens (including phenoxy) is 1. The lowest BCUT2D eigenvalue weighted by Gasteiger charge is -1.98. The summed E-state index contributed by atoms with van der Waals surface area (Å²) in [4.78, 5) is 16.3. The number of rotatable bonds is 3. The number of hydrogen-bond acceptors (Lipinski definition) is 4. The fourth-order valence-electron chi connectivity index (χ4n) is 2.82. The third-order valence-corrected chi connectivity index (χ3v) is 3.99. The second-order valence-electron chi connectivity index (χ2n) is 5.64. The number of fused-ring (bicyclic) bond motifs is 3. The van der Waals surface area contributed by atoms with Gasteiger partial charge >= 0.3 is 0 Å². The van der Waals surface area contributed by atoms with Crippen LogP contribution in [0.5, 0.6) is 5.75 Å². The first kappa shape index (κ1) is 17.9. The number of aromatic amines is 1. The molecule has 0 radical (unpaired) electrons. The molecule has 0 bridgehead atoms. The molecule has 0 unspecified atom stereocenters. The average Bonchev–Trinajstić information content (AvgIpc) is 3.05. The molecule has 2 aromatic heterocycles. The Balaban J connectivity index is 0.000000481. The Hall–Kier alpha value is -3.87. The maximum atomic E-state index is 8.36. The van der Waals surface area contributed by atoms with E-state index in [9.17, 15) is 0 Å². The molecule has 0 fully saturated rings. The quantitative estimate of drug-likeness (QED) is 0.411. The Kier molecular flexibility index (Phi) is 5.32. The second-order valence-corrected chi connectivity index (χ2v) is 5.64. The Morgan fingerprint density at radius 2 is 1.85 bits per heavy atom. The van der Waals surface area contributed by atoms with Gasteiger partial charge in [-0.15, -0.1) is 10.1 Å². The lowest BCUT2D eigenvalue weighted by atomic mass is 10.1. The molecule has 0 aliphatic carbocycles. The van der Waals surface area contributed by atoms with Crippen LogP contribution in [0, 0.1) is 10.1 Å². The predicted octanol–water partition coefficient (Wildman–Crippen LogP) is 4.55. The van der Waals surface area contributed by atoms with Crippen LogP contribution >= 0.6 is 0 Å². The number of nitrogens with zero attached hydrogens (tertiary/aromatic N) is 2. The van der Waals surface area contributed by atoms with Crippen molar-refractivity contribution in [3.63, 3.8) is 0 Å². The van der Waals surface area contributed by atoms with Crippen molar-refractivity contribution in [1.82, 2.24) is 9.97 Å². The zero-order valence-electron chi connectivity index (χ0n) is 14.5. The van der Waals surface area contributed by atoms with Gasteiger partial charge in [-0.2, -0.15) is 0 Å². The summed E-state index contributed by atoms with van der Waals surface area (Å²) in [5.74, 6) is 0.846. The van der Waals surface area contributed by atoms with E-state index in [1.54, 1.807) is 7.11 Å². The fourth-order valence-corrected chi connectivity index (χ4v) is 2.82. The molecule has 4 rings (SSSR count). The number of pyridine rings is 1. The van der Waals surface area contributed by atoms with Gasteiger partial charge in [0, 0.05) is 23.0 Å². The number of benzene rings is 2. The van der Waals surface area contributed by atoms with E-state index in [1.165, 1.54) is 10.8 Å². The van der Waals surface area contributed by atoms with Gasteiger partial charge in [-0.05, 0) is 29.8 Å². The zero-order chi connectivity index (χ0) is 19.2. The van der Waals surface area contributed by atoms with Gasteiger partial charge < -0.3 is 14.9 Å². The van der Waals surface area contributed by atoms with E-state index < -0.39 is 5.09 Å². The van der Waals surface area contributed by atoms with Gasteiger partial charge in [0.05, 0.1) is 23.8 Å². The predicted molar refractivity (Wildman–Crippen MR) is 104 cm³/mol. The van der Waals surface area contributed by atoms with Crippen molar-refractivity contribution in [1.29, 1.82) is 0 Å². The first-order valence-corrected chi connectivity index (χ1v) is 8.09. The number of aromatic nitrogens is 2. The van der Waals surface area contributed by atoms with Crippen LogP contribution in [-0.2, 0) is 0 Å². The molecule has 7 heteroatoms. The van der Waals surface area contributed by atoms with Crippen molar-refractivity contribution >= 4 is 34.0 Å². The second kappa shape index (κ2) is 8.01. The van der Waals surface area contributed by atoms with Crippen molar-refractivity contribution < 1.29 is 15.0 Å². The molecule has 4 aromatic rings. The van der Waals surface area contributed by atoms with Crippen LogP contribution in [0.4, 0.5) is 0 Å². The van der Waals surface area contributed by atoms with Crippen LogP contribution < -0.4 is 4.74 Å². The monoisotopic (exact) mass is 363 g/mol. The highest BCUT2D eigenvalue weighted by molar-refractivity contribution is 6.09. The molecule has 7 nitrogen and oxygen atoms in total. The molecule has 0 aliphatic rings. The Morgan fingerprint density at radius 1 is 1.11 bits per heavy atom. The number of nitrogens with one attached hydrogen (secondary N) is 1. The summed E-state index contributed by atoms with van der Waals surface area (Å²) in [5, 5.41) is 16.0. The molecule has 0 atom stereocenters. The zero-order valence-corrected chi connectivity index (χ0v) is 14.5. The van der Waals surface area contributed by atoms with Gasteiger partial charge in [0.1, 0.15) is 5.75 Å². The molecule has 0 saturated carbocycles. The third-order valence-electron chi connectivity index (χ3n) is 3.99. The number of H-pyrrole nitrogens is 1. The summed E-state index contributed by atoms with van der Waals surface area (Å²) >= 11 is 0. The van der Waals surface area contributed by atoms with E-state index in [0.717, 1.165) is 28.0 Å². The van der Waals surface area contributed by atoms with Gasteiger partial charge in [0.25, 0.3) is 5.09 Å². The van der Waals surface area contributed by atoms with Crippen LogP contribution in [0.15, 0.2) is 60.8 Å². The molecular weight excluding hydrogens is 346 g/mol. The molecule has 2 heterocycles. The largest absolute Gasteiger partial charge is 0.497 e. The van der Waals surface area contributed by atoms with E-state index >= 15 is 0 Å². The Morgan fingerprint density at radius 3 is 2.56 bits per heavy atom. The van der Waals surface area contributed by atoms with E-state index in [-0.39, 0.29) is 0 Å². The molecule has 136 valence electrons. The van der Waals surface area contributed by atoms with Crippen LogP contribution in [0.25, 0.3) is 34.0 Å². The van der Waals surface area contributed by atoms with Crippen molar-refractivity contribution in [2.24, 2.45) is 0 Å². The number of methoxy groups -OCH3 is 1. The molecule has 0 amide bonds. The van der Waals surface area contributed by atoms with Crippen molar-refractivity contribution in [2.75, 3.05) is 7.11 Å². The molecule has 2 aromatic carbocycles. The van der Waals surface area contributed by atoms with Gasteiger partial charge in [-0.25, -0.2) is 0 Å². The first-order valence-electron chi connectivity index (χ1n) is 8.09.